The van der Waals surface area contributed by atoms with E-state index in [1.807, 2.05) is 0 Å². The molecule has 38 heavy (non-hydrogen) atoms. The summed E-state index contributed by atoms with van der Waals surface area (Å²) in [4.78, 5) is 56.0. The number of carbonyl (C=O) groups is 3. The molecule has 0 radical (unpaired) electrons. The number of aryl methyl sites for hydroxylation is 2. The number of hydrogen-bond donors (Lipinski definition) is 0. The van der Waals surface area contributed by atoms with Gasteiger partial charge in [0.2, 0.25) is 11.6 Å². The van der Waals surface area contributed by atoms with Gasteiger partial charge in [-0.1, -0.05) is 0 Å². The average molecular weight is 553 g/mol. The monoisotopic (exact) mass is 552 g/mol. The summed E-state index contributed by atoms with van der Waals surface area (Å²) in [5.74, 6) is -2.16. The second kappa shape index (κ2) is 12.2. The van der Waals surface area contributed by atoms with Gasteiger partial charge in [-0.25, -0.2) is 9.97 Å². The lowest BCUT2D eigenvalue weighted by Crippen LogP contribution is -2.28. The highest BCUT2D eigenvalue weighted by atomic mass is 35.5. The van der Waals surface area contributed by atoms with E-state index in [0.717, 1.165) is 0 Å². The molecular formula is C27H26Cl2N6O3. The highest BCUT2D eigenvalue weighted by Crippen LogP contribution is 2.30. The van der Waals surface area contributed by atoms with Crippen LogP contribution in [0.5, 0.6) is 0 Å². The van der Waals surface area contributed by atoms with Gasteiger partial charge in [-0.05, 0) is 38.1 Å². The van der Waals surface area contributed by atoms with E-state index in [2.05, 4.69) is 19.9 Å². The lowest BCUT2D eigenvalue weighted by molar-refractivity contribution is -0.121. The lowest BCUT2D eigenvalue weighted by Gasteiger charge is -2.22. The molecule has 0 bridgehead atoms. The minimum absolute atomic E-state index is 0.00659. The van der Waals surface area contributed by atoms with E-state index in [4.69, 9.17) is 23.2 Å². The molecule has 0 aliphatic rings. The molecule has 0 fully saturated rings. The first-order valence-corrected chi connectivity index (χ1v) is 13.0. The Labute approximate surface area is 229 Å². The fraction of sp³-hybridized carbons (Fsp3) is 0.296. The van der Waals surface area contributed by atoms with E-state index < -0.39 is 11.8 Å². The molecule has 196 valence electrons. The molecule has 4 heterocycles. The van der Waals surface area contributed by atoms with Gasteiger partial charge in [-0.3, -0.25) is 24.4 Å². The van der Waals surface area contributed by atoms with Crippen molar-refractivity contribution in [3.63, 3.8) is 0 Å². The zero-order valence-corrected chi connectivity index (χ0v) is 22.4. The van der Waals surface area contributed by atoms with Crippen LogP contribution >= 0.6 is 23.2 Å². The van der Waals surface area contributed by atoms with Gasteiger partial charge in [0.15, 0.2) is 5.78 Å². The van der Waals surface area contributed by atoms with Gasteiger partial charge < -0.3 is 9.13 Å². The molecule has 0 aliphatic carbocycles. The number of carbonyl (C=O) groups excluding carboxylic acids is 3. The van der Waals surface area contributed by atoms with Gasteiger partial charge in [-0.2, -0.15) is 0 Å². The molecule has 4 aromatic rings. The Hall–Kier alpha value is -3.69. The van der Waals surface area contributed by atoms with Crippen LogP contribution in [-0.2, 0) is 17.9 Å². The topological polar surface area (TPSA) is 113 Å². The maximum Gasteiger partial charge on any atom is 0.202 e. The van der Waals surface area contributed by atoms with Crippen LogP contribution in [0.1, 0.15) is 55.6 Å². The summed E-state index contributed by atoms with van der Waals surface area (Å²) >= 11 is 12.6. The SMILES string of the molecule is Cc1cnc(C(=O)Cn2cccc2C(CCl)C(=O)C(CCl)c2cccn2CC(=O)c2cnc(C)cn2)cn1. The van der Waals surface area contributed by atoms with Crippen molar-refractivity contribution in [2.45, 2.75) is 38.8 Å². The lowest BCUT2D eigenvalue weighted by atomic mass is 9.90. The van der Waals surface area contributed by atoms with E-state index in [1.165, 1.54) is 24.8 Å². The van der Waals surface area contributed by atoms with Crippen LogP contribution in [0.2, 0.25) is 0 Å². The van der Waals surface area contributed by atoms with Crippen LogP contribution in [0.4, 0.5) is 0 Å². The summed E-state index contributed by atoms with van der Waals surface area (Å²) in [7, 11) is 0. The van der Waals surface area contributed by atoms with Gasteiger partial charge >= 0.3 is 0 Å². The zero-order chi connectivity index (χ0) is 27.2. The first-order chi connectivity index (χ1) is 18.3. The number of aromatic nitrogens is 6. The second-order valence-corrected chi connectivity index (χ2v) is 9.49. The number of halogens is 2. The fourth-order valence-corrected chi connectivity index (χ4v) is 4.78. The van der Waals surface area contributed by atoms with Crippen molar-refractivity contribution in [2.24, 2.45) is 0 Å². The van der Waals surface area contributed by atoms with E-state index in [9.17, 15) is 14.4 Å². The number of rotatable bonds is 12. The second-order valence-electron chi connectivity index (χ2n) is 8.87. The van der Waals surface area contributed by atoms with Crippen molar-refractivity contribution in [3.8, 4) is 0 Å². The largest absolute Gasteiger partial charge is 0.343 e. The Morgan fingerprint density at radius 1 is 0.711 bits per heavy atom. The Morgan fingerprint density at radius 2 is 1.13 bits per heavy atom. The molecule has 4 rings (SSSR count). The predicted octanol–water partition coefficient (Wildman–Crippen LogP) is 4.17. The van der Waals surface area contributed by atoms with Crippen LogP contribution in [0, 0.1) is 13.8 Å². The average Bonchev–Trinajstić information content (AvgIpc) is 3.56. The summed E-state index contributed by atoms with van der Waals surface area (Å²) in [6, 6.07) is 7.05. The van der Waals surface area contributed by atoms with Crippen LogP contribution in [-0.4, -0.2) is 58.2 Å². The highest BCUT2D eigenvalue weighted by molar-refractivity contribution is 6.22. The quantitative estimate of drug-likeness (QED) is 0.191. The minimum Gasteiger partial charge on any atom is -0.343 e. The highest BCUT2D eigenvalue weighted by Gasteiger charge is 2.32. The van der Waals surface area contributed by atoms with E-state index in [1.54, 1.807) is 59.6 Å². The number of alkyl halides is 2. The molecule has 9 nitrogen and oxygen atoms in total. The molecule has 0 amide bonds. The Bertz CT molecular complexity index is 1320. The van der Waals surface area contributed by atoms with Gasteiger partial charge in [-0.15, -0.1) is 23.2 Å². The van der Waals surface area contributed by atoms with E-state index in [-0.39, 0.29) is 53.6 Å². The summed E-state index contributed by atoms with van der Waals surface area (Å²) in [5, 5.41) is 0. The third-order valence-corrected chi connectivity index (χ3v) is 6.82. The molecule has 4 aromatic heterocycles. The number of Topliss-reactive ketones (excluding diaryl/α,β-unsaturated/α-hetero) is 3. The fourth-order valence-electron chi connectivity index (χ4n) is 4.16. The standard InChI is InChI=1S/C27H26Cl2N6O3/c1-17-11-32-21(13-30-17)25(36)15-34-7-3-5-23(34)19(9-28)27(38)20(10-29)24-6-4-8-35(24)16-26(37)22-14-31-18(2)12-33-22/h3-8,11-14,19-20H,9-10,15-16H2,1-2H3. The number of nitrogens with zero attached hydrogens (tertiary/aromatic N) is 6. The minimum atomic E-state index is -0.727. The third-order valence-electron chi connectivity index (χ3n) is 6.20. The molecule has 0 saturated carbocycles. The van der Waals surface area contributed by atoms with Crippen molar-refractivity contribution in [1.82, 2.24) is 29.1 Å². The summed E-state index contributed by atoms with van der Waals surface area (Å²) in [5.41, 5.74) is 3.09. The third kappa shape index (κ3) is 6.06. The summed E-state index contributed by atoms with van der Waals surface area (Å²) < 4.78 is 3.39. The first kappa shape index (κ1) is 27.3. The molecule has 0 aromatic carbocycles. The van der Waals surface area contributed by atoms with Crippen molar-refractivity contribution in [1.29, 1.82) is 0 Å². The maximum atomic E-state index is 13.8. The molecule has 0 aliphatic heterocycles. The zero-order valence-electron chi connectivity index (χ0n) is 20.9. The van der Waals surface area contributed by atoms with Gasteiger partial charge in [0.1, 0.15) is 11.4 Å². The maximum absolute atomic E-state index is 13.8. The number of ketones is 3. The summed E-state index contributed by atoms with van der Waals surface area (Å²) in [6.07, 6.45) is 9.39. The van der Waals surface area contributed by atoms with Gasteiger partial charge in [0.25, 0.3) is 0 Å². The smallest absolute Gasteiger partial charge is 0.202 e. The summed E-state index contributed by atoms with van der Waals surface area (Å²) in [6.45, 7) is 3.54. The molecule has 2 atom stereocenters. The molecule has 0 spiro atoms. The van der Waals surface area contributed by atoms with Gasteiger partial charge in [0.05, 0.1) is 48.7 Å². The normalized spacial score (nSPS) is 12.7. The van der Waals surface area contributed by atoms with Crippen LogP contribution in [0.3, 0.4) is 0 Å². The predicted molar refractivity (Wildman–Crippen MR) is 143 cm³/mol. The molecule has 0 N–H and O–H groups in total. The number of hydrogen-bond acceptors (Lipinski definition) is 7. The molecular weight excluding hydrogens is 527 g/mol. The van der Waals surface area contributed by atoms with Crippen LogP contribution in [0.25, 0.3) is 0 Å². The first-order valence-electron chi connectivity index (χ1n) is 11.9. The van der Waals surface area contributed by atoms with Crippen molar-refractivity contribution < 1.29 is 14.4 Å². The van der Waals surface area contributed by atoms with Crippen LogP contribution in [0.15, 0.2) is 61.4 Å². The van der Waals surface area contributed by atoms with Crippen molar-refractivity contribution in [3.05, 3.63) is 95.6 Å². The van der Waals surface area contributed by atoms with E-state index >= 15 is 0 Å². The van der Waals surface area contributed by atoms with E-state index in [0.29, 0.717) is 22.8 Å². The molecule has 0 saturated heterocycles. The Balaban J connectivity index is 1.54. The van der Waals surface area contributed by atoms with Crippen molar-refractivity contribution >= 4 is 40.6 Å². The Morgan fingerprint density at radius 3 is 1.47 bits per heavy atom. The van der Waals surface area contributed by atoms with Crippen LogP contribution < -0.4 is 0 Å². The molecule has 11 heteroatoms. The molecule has 2 unspecified atom stereocenters. The van der Waals surface area contributed by atoms with Gasteiger partial charge in [0, 0.05) is 47.9 Å². The van der Waals surface area contributed by atoms with Crippen molar-refractivity contribution in [2.75, 3.05) is 11.8 Å². The Kier molecular flexibility index (Phi) is 8.81.